The van der Waals surface area contributed by atoms with Crippen molar-refractivity contribution in [2.45, 2.75) is 13.5 Å². The highest BCUT2D eigenvalue weighted by atomic mass is 32.1. The maximum atomic E-state index is 11.5. The molecule has 0 radical (unpaired) electrons. The second-order valence-electron chi connectivity index (χ2n) is 3.25. The zero-order chi connectivity index (χ0) is 10.8. The van der Waals surface area contributed by atoms with Crippen molar-refractivity contribution in [2.75, 3.05) is 0 Å². The molecule has 0 saturated heterocycles. The Morgan fingerprint density at radius 3 is 2.87 bits per heavy atom. The molecule has 78 valence electrons. The van der Waals surface area contributed by atoms with Crippen LogP contribution in [0.5, 0.6) is 0 Å². The second-order valence-corrected chi connectivity index (χ2v) is 4.28. The van der Waals surface area contributed by atoms with Crippen molar-refractivity contribution in [3.05, 3.63) is 55.0 Å². The van der Waals surface area contributed by atoms with Crippen LogP contribution in [0, 0.1) is 6.92 Å². The normalized spacial score (nSPS) is 10.5. The minimum atomic E-state index is -0.353. The van der Waals surface area contributed by atoms with Crippen molar-refractivity contribution in [1.82, 2.24) is 9.55 Å². The first-order valence-electron chi connectivity index (χ1n) is 4.50. The van der Waals surface area contributed by atoms with Crippen molar-refractivity contribution in [1.29, 1.82) is 0 Å². The minimum Gasteiger partial charge on any atom is -0.293 e. The van der Waals surface area contributed by atoms with E-state index in [1.165, 1.54) is 6.07 Å². The zero-order valence-corrected chi connectivity index (χ0v) is 9.00. The van der Waals surface area contributed by atoms with Gasteiger partial charge in [0.1, 0.15) is 0 Å². The Hall–Kier alpha value is -1.62. The standard InChI is InChI=1S/C10H10N2O2S/c1-7-5-9(13)11-10(14)12(7)6-8-3-2-4-15-8/h2-5H,6H2,1H3,(H,11,13,14). The molecule has 0 fully saturated rings. The summed E-state index contributed by atoms with van der Waals surface area (Å²) in [6.45, 7) is 2.27. The first kappa shape index (κ1) is 9.92. The van der Waals surface area contributed by atoms with Crippen LogP contribution in [-0.4, -0.2) is 9.55 Å². The Balaban J connectivity index is 2.45. The molecule has 0 aliphatic heterocycles. The van der Waals surface area contributed by atoms with Gasteiger partial charge in [0.05, 0.1) is 6.54 Å². The van der Waals surface area contributed by atoms with E-state index in [0.717, 1.165) is 4.88 Å². The summed E-state index contributed by atoms with van der Waals surface area (Å²) in [5.74, 6) is 0. The number of aromatic amines is 1. The molecule has 0 saturated carbocycles. The molecule has 0 spiro atoms. The molecule has 1 N–H and O–H groups in total. The van der Waals surface area contributed by atoms with E-state index in [9.17, 15) is 9.59 Å². The lowest BCUT2D eigenvalue weighted by Gasteiger charge is -2.06. The summed E-state index contributed by atoms with van der Waals surface area (Å²) in [5, 5.41) is 1.96. The van der Waals surface area contributed by atoms with Crippen LogP contribution in [0.4, 0.5) is 0 Å². The highest BCUT2D eigenvalue weighted by Gasteiger charge is 2.03. The molecule has 0 unspecified atom stereocenters. The number of nitrogens with zero attached hydrogens (tertiary/aromatic N) is 1. The lowest BCUT2D eigenvalue weighted by atomic mass is 10.4. The highest BCUT2D eigenvalue weighted by Crippen LogP contribution is 2.09. The van der Waals surface area contributed by atoms with Crippen LogP contribution in [0.2, 0.25) is 0 Å². The molecule has 5 heteroatoms. The third kappa shape index (κ3) is 2.07. The van der Waals surface area contributed by atoms with Gasteiger partial charge in [0.2, 0.25) is 0 Å². The van der Waals surface area contributed by atoms with Crippen molar-refractivity contribution >= 4 is 11.3 Å². The highest BCUT2D eigenvalue weighted by molar-refractivity contribution is 7.09. The van der Waals surface area contributed by atoms with Gasteiger partial charge in [-0.25, -0.2) is 4.79 Å². The summed E-state index contributed by atoms with van der Waals surface area (Å²) in [4.78, 5) is 25.8. The van der Waals surface area contributed by atoms with Crippen LogP contribution in [-0.2, 0) is 6.54 Å². The quantitative estimate of drug-likeness (QED) is 0.822. The maximum absolute atomic E-state index is 11.5. The number of hydrogen-bond donors (Lipinski definition) is 1. The van der Waals surface area contributed by atoms with E-state index in [0.29, 0.717) is 12.2 Å². The predicted octanol–water partition coefficient (Wildman–Crippen LogP) is 0.955. The van der Waals surface area contributed by atoms with Gasteiger partial charge in [-0.15, -0.1) is 11.3 Å². The largest absolute Gasteiger partial charge is 0.328 e. The number of hydrogen-bond acceptors (Lipinski definition) is 3. The van der Waals surface area contributed by atoms with E-state index in [1.54, 1.807) is 22.8 Å². The van der Waals surface area contributed by atoms with Crippen molar-refractivity contribution < 1.29 is 0 Å². The Labute approximate surface area is 89.8 Å². The molecule has 0 aliphatic rings. The lowest BCUT2D eigenvalue weighted by molar-refractivity contribution is 0.701. The van der Waals surface area contributed by atoms with E-state index >= 15 is 0 Å². The summed E-state index contributed by atoms with van der Waals surface area (Å²) in [5.41, 5.74) is -0.0227. The second kappa shape index (κ2) is 3.86. The topological polar surface area (TPSA) is 54.9 Å². The number of aromatic nitrogens is 2. The number of thiophene rings is 1. The molecule has 15 heavy (non-hydrogen) atoms. The van der Waals surface area contributed by atoms with Crippen molar-refractivity contribution in [3.8, 4) is 0 Å². The summed E-state index contributed by atoms with van der Waals surface area (Å²) >= 11 is 1.59. The zero-order valence-electron chi connectivity index (χ0n) is 8.19. The van der Waals surface area contributed by atoms with E-state index in [-0.39, 0.29) is 11.2 Å². The van der Waals surface area contributed by atoms with Crippen LogP contribution in [0.1, 0.15) is 10.6 Å². The fourth-order valence-corrected chi connectivity index (χ4v) is 2.08. The lowest BCUT2D eigenvalue weighted by Crippen LogP contribution is -2.31. The molecule has 0 aromatic carbocycles. The number of aryl methyl sites for hydroxylation is 1. The Morgan fingerprint density at radius 2 is 2.27 bits per heavy atom. The number of H-pyrrole nitrogens is 1. The van der Waals surface area contributed by atoms with Crippen LogP contribution < -0.4 is 11.2 Å². The minimum absolute atomic E-state index is 0.347. The van der Waals surface area contributed by atoms with E-state index in [1.807, 2.05) is 17.5 Å². The van der Waals surface area contributed by atoms with Gasteiger partial charge in [0, 0.05) is 16.6 Å². The fourth-order valence-electron chi connectivity index (χ4n) is 1.39. The van der Waals surface area contributed by atoms with Gasteiger partial charge in [-0.05, 0) is 18.4 Å². The summed E-state index contributed by atoms with van der Waals surface area (Å²) in [7, 11) is 0. The van der Waals surface area contributed by atoms with Gasteiger partial charge in [-0.3, -0.25) is 14.3 Å². The molecule has 0 amide bonds. The predicted molar refractivity (Wildman–Crippen MR) is 59.5 cm³/mol. The molecule has 2 aromatic heterocycles. The van der Waals surface area contributed by atoms with E-state index < -0.39 is 0 Å². The molecule has 4 nitrogen and oxygen atoms in total. The van der Waals surface area contributed by atoms with Crippen LogP contribution in [0.3, 0.4) is 0 Å². The molecular weight excluding hydrogens is 212 g/mol. The first-order valence-corrected chi connectivity index (χ1v) is 5.38. The Bertz CT molecular complexity index is 566. The van der Waals surface area contributed by atoms with Gasteiger partial charge >= 0.3 is 5.69 Å². The fraction of sp³-hybridized carbons (Fsp3) is 0.200. The van der Waals surface area contributed by atoms with Crippen LogP contribution in [0.25, 0.3) is 0 Å². The van der Waals surface area contributed by atoms with Gasteiger partial charge < -0.3 is 0 Å². The molecule has 2 aromatic rings. The van der Waals surface area contributed by atoms with Gasteiger partial charge in [-0.1, -0.05) is 6.07 Å². The van der Waals surface area contributed by atoms with E-state index in [2.05, 4.69) is 4.98 Å². The van der Waals surface area contributed by atoms with E-state index in [4.69, 9.17) is 0 Å². The Morgan fingerprint density at radius 1 is 1.47 bits per heavy atom. The monoisotopic (exact) mass is 222 g/mol. The third-order valence-electron chi connectivity index (χ3n) is 2.14. The van der Waals surface area contributed by atoms with Crippen LogP contribution in [0.15, 0.2) is 33.2 Å². The summed E-state index contributed by atoms with van der Waals surface area (Å²) in [6, 6.07) is 5.32. The molecule has 2 heterocycles. The molecule has 0 bridgehead atoms. The third-order valence-corrected chi connectivity index (χ3v) is 3.00. The molecule has 2 rings (SSSR count). The number of rotatable bonds is 2. The molecule has 0 aliphatic carbocycles. The maximum Gasteiger partial charge on any atom is 0.328 e. The number of nitrogens with one attached hydrogen (secondary N) is 1. The average molecular weight is 222 g/mol. The average Bonchev–Trinajstić information content (AvgIpc) is 2.63. The van der Waals surface area contributed by atoms with Crippen molar-refractivity contribution in [2.24, 2.45) is 0 Å². The SMILES string of the molecule is Cc1cc(=O)[nH]c(=O)n1Cc1cccs1. The first-order chi connectivity index (χ1) is 7.16. The Kier molecular flexibility index (Phi) is 2.55. The summed E-state index contributed by atoms with van der Waals surface area (Å²) in [6.07, 6.45) is 0. The molecular formula is C10H10N2O2S. The summed E-state index contributed by atoms with van der Waals surface area (Å²) < 4.78 is 1.55. The molecule has 0 atom stereocenters. The van der Waals surface area contributed by atoms with Gasteiger partial charge in [0.25, 0.3) is 5.56 Å². The smallest absolute Gasteiger partial charge is 0.293 e. The van der Waals surface area contributed by atoms with Crippen LogP contribution >= 0.6 is 11.3 Å². The van der Waals surface area contributed by atoms with Crippen molar-refractivity contribution in [3.63, 3.8) is 0 Å². The van der Waals surface area contributed by atoms with Gasteiger partial charge in [0.15, 0.2) is 0 Å². The van der Waals surface area contributed by atoms with Gasteiger partial charge in [-0.2, -0.15) is 0 Å².